The quantitative estimate of drug-likeness (QED) is 0.581. The molecule has 0 amide bonds. The molecule has 0 fully saturated rings. The van der Waals surface area contributed by atoms with Crippen molar-refractivity contribution in [3.05, 3.63) is 35.4 Å². The normalized spacial score (nSPS) is 13.0. The highest BCUT2D eigenvalue weighted by atomic mass is 16.5. The van der Waals surface area contributed by atoms with Crippen LogP contribution in [0.1, 0.15) is 45.2 Å². The predicted molar refractivity (Wildman–Crippen MR) is 94.7 cm³/mol. The van der Waals surface area contributed by atoms with Gasteiger partial charge in [-0.05, 0) is 37.8 Å². The zero-order chi connectivity index (χ0) is 17.1. The van der Waals surface area contributed by atoms with Gasteiger partial charge in [0.2, 0.25) is 0 Å². The van der Waals surface area contributed by atoms with E-state index in [1.54, 1.807) is 0 Å². The standard InChI is InChI=1S/C19H33NO3/c1-15(2)20-13-19(21)10-9-17-5-7-18(8-6-17)14-22-11-12-23-16(3)4/h5-8,15-16,19-21H,9-14H2,1-4H3. The lowest BCUT2D eigenvalue weighted by molar-refractivity contribution is 0.0143. The molecule has 2 N–H and O–H groups in total. The van der Waals surface area contributed by atoms with Gasteiger partial charge in [-0.3, -0.25) is 0 Å². The minimum Gasteiger partial charge on any atom is -0.392 e. The summed E-state index contributed by atoms with van der Waals surface area (Å²) in [4.78, 5) is 0. The maximum Gasteiger partial charge on any atom is 0.0718 e. The van der Waals surface area contributed by atoms with Crippen LogP contribution in [-0.4, -0.2) is 43.1 Å². The highest BCUT2D eigenvalue weighted by Gasteiger charge is 2.05. The third kappa shape index (κ3) is 10.4. The lowest BCUT2D eigenvalue weighted by atomic mass is 10.0. The summed E-state index contributed by atoms with van der Waals surface area (Å²) >= 11 is 0. The summed E-state index contributed by atoms with van der Waals surface area (Å²) in [6.07, 6.45) is 1.64. The van der Waals surface area contributed by atoms with Crippen molar-refractivity contribution in [1.29, 1.82) is 0 Å². The van der Waals surface area contributed by atoms with Gasteiger partial charge in [0.05, 0.1) is 32.0 Å². The molecular weight excluding hydrogens is 290 g/mol. The Morgan fingerprint density at radius 2 is 1.65 bits per heavy atom. The topological polar surface area (TPSA) is 50.7 Å². The van der Waals surface area contributed by atoms with E-state index in [0.29, 0.717) is 32.4 Å². The number of nitrogens with one attached hydrogen (secondary N) is 1. The first-order valence-corrected chi connectivity index (χ1v) is 8.66. The Kier molecular flexibility index (Phi) is 10.1. The largest absolute Gasteiger partial charge is 0.392 e. The monoisotopic (exact) mass is 323 g/mol. The minimum absolute atomic E-state index is 0.254. The predicted octanol–water partition coefficient (Wildman–Crippen LogP) is 2.92. The summed E-state index contributed by atoms with van der Waals surface area (Å²) in [6.45, 7) is 10.7. The van der Waals surface area contributed by atoms with Gasteiger partial charge in [0, 0.05) is 12.6 Å². The highest BCUT2D eigenvalue weighted by molar-refractivity contribution is 5.22. The molecule has 0 aromatic heterocycles. The molecule has 1 unspecified atom stereocenters. The van der Waals surface area contributed by atoms with Crippen molar-refractivity contribution in [2.45, 2.75) is 65.4 Å². The van der Waals surface area contributed by atoms with Gasteiger partial charge in [0.25, 0.3) is 0 Å². The van der Waals surface area contributed by atoms with Crippen LogP contribution in [0.2, 0.25) is 0 Å². The molecule has 0 aliphatic carbocycles. The van der Waals surface area contributed by atoms with Crippen molar-refractivity contribution in [2.75, 3.05) is 19.8 Å². The smallest absolute Gasteiger partial charge is 0.0718 e. The van der Waals surface area contributed by atoms with Crippen molar-refractivity contribution >= 4 is 0 Å². The maximum absolute atomic E-state index is 9.93. The van der Waals surface area contributed by atoms with Crippen LogP contribution in [0.4, 0.5) is 0 Å². The van der Waals surface area contributed by atoms with Gasteiger partial charge in [0.15, 0.2) is 0 Å². The molecule has 1 atom stereocenters. The first-order chi connectivity index (χ1) is 11.0. The number of rotatable bonds is 12. The van der Waals surface area contributed by atoms with Gasteiger partial charge in [-0.2, -0.15) is 0 Å². The third-order valence-electron chi connectivity index (χ3n) is 3.50. The lowest BCUT2D eigenvalue weighted by Crippen LogP contribution is -2.32. The zero-order valence-corrected chi connectivity index (χ0v) is 15.0. The van der Waals surface area contributed by atoms with Gasteiger partial charge in [-0.1, -0.05) is 38.1 Å². The lowest BCUT2D eigenvalue weighted by Gasteiger charge is -2.14. The van der Waals surface area contributed by atoms with Crippen molar-refractivity contribution in [3.63, 3.8) is 0 Å². The fraction of sp³-hybridized carbons (Fsp3) is 0.684. The van der Waals surface area contributed by atoms with E-state index in [2.05, 4.69) is 43.4 Å². The molecule has 4 nitrogen and oxygen atoms in total. The fourth-order valence-electron chi connectivity index (χ4n) is 2.14. The summed E-state index contributed by atoms with van der Waals surface area (Å²) in [5.74, 6) is 0. The van der Waals surface area contributed by atoms with E-state index in [1.807, 2.05) is 13.8 Å². The first-order valence-electron chi connectivity index (χ1n) is 8.66. The number of ether oxygens (including phenoxy) is 2. The Hall–Kier alpha value is -0.940. The van der Waals surface area contributed by atoms with Gasteiger partial charge in [0.1, 0.15) is 0 Å². The number of aryl methyl sites for hydroxylation is 1. The molecule has 0 aliphatic rings. The third-order valence-corrected chi connectivity index (χ3v) is 3.50. The second kappa shape index (κ2) is 11.6. The number of hydrogen-bond acceptors (Lipinski definition) is 4. The van der Waals surface area contributed by atoms with Crippen molar-refractivity contribution < 1.29 is 14.6 Å². The highest BCUT2D eigenvalue weighted by Crippen LogP contribution is 2.09. The molecule has 0 aliphatic heterocycles. The number of aliphatic hydroxyl groups excluding tert-OH is 1. The van der Waals surface area contributed by atoms with E-state index in [1.165, 1.54) is 11.1 Å². The molecule has 1 aromatic carbocycles. The Morgan fingerprint density at radius 3 is 2.26 bits per heavy atom. The van der Waals surface area contributed by atoms with E-state index < -0.39 is 0 Å². The summed E-state index contributed by atoms with van der Waals surface area (Å²) in [7, 11) is 0. The van der Waals surface area contributed by atoms with Crippen LogP contribution in [0.15, 0.2) is 24.3 Å². The molecule has 0 heterocycles. The molecule has 0 saturated carbocycles. The molecule has 132 valence electrons. The van der Waals surface area contributed by atoms with Crippen molar-refractivity contribution in [3.8, 4) is 0 Å². The summed E-state index contributed by atoms with van der Waals surface area (Å²) < 4.78 is 11.0. The van der Waals surface area contributed by atoms with E-state index in [0.717, 1.165) is 12.8 Å². The summed E-state index contributed by atoms with van der Waals surface area (Å²) in [5, 5.41) is 13.2. The Bertz CT molecular complexity index is 404. The molecule has 23 heavy (non-hydrogen) atoms. The Balaban J connectivity index is 2.20. The molecule has 0 saturated heterocycles. The molecule has 4 heteroatoms. The van der Waals surface area contributed by atoms with E-state index >= 15 is 0 Å². The van der Waals surface area contributed by atoms with Gasteiger partial charge < -0.3 is 19.9 Å². The summed E-state index contributed by atoms with van der Waals surface area (Å²) in [5.41, 5.74) is 2.42. The van der Waals surface area contributed by atoms with E-state index in [9.17, 15) is 5.11 Å². The van der Waals surface area contributed by atoms with Gasteiger partial charge >= 0.3 is 0 Å². The minimum atomic E-state index is -0.290. The van der Waals surface area contributed by atoms with Crippen molar-refractivity contribution in [2.24, 2.45) is 0 Å². The number of benzene rings is 1. The molecule has 1 rings (SSSR count). The molecule has 0 bridgehead atoms. The molecule has 0 radical (unpaired) electrons. The second-order valence-corrected chi connectivity index (χ2v) is 6.54. The zero-order valence-electron chi connectivity index (χ0n) is 15.0. The van der Waals surface area contributed by atoms with Crippen LogP contribution >= 0.6 is 0 Å². The van der Waals surface area contributed by atoms with Gasteiger partial charge in [-0.15, -0.1) is 0 Å². The molecule has 1 aromatic rings. The van der Waals surface area contributed by atoms with Crippen LogP contribution in [-0.2, 0) is 22.5 Å². The molecule has 0 spiro atoms. The van der Waals surface area contributed by atoms with E-state index in [-0.39, 0.29) is 12.2 Å². The SMILES string of the molecule is CC(C)NCC(O)CCc1ccc(COCCOC(C)C)cc1. The Labute approximate surface area is 141 Å². The second-order valence-electron chi connectivity index (χ2n) is 6.54. The van der Waals surface area contributed by atoms with E-state index in [4.69, 9.17) is 9.47 Å². The average Bonchev–Trinajstić information content (AvgIpc) is 2.51. The van der Waals surface area contributed by atoms with Gasteiger partial charge in [-0.25, -0.2) is 0 Å². The Morgan fingerprint density at radius 1 is 1.00 bits per heavy atom. The van der Waals surface area contributed by atoms with Crippen LogP contribution in [0, 0.1) is 0 Å². The van der Waals surface area contributed by atoms with Crippen LogP contribution in [0.5, 0.6) is 0 Å². The summed E-state index contributed by atoms with van der Waals surface area (Å²) in [6, 6.07) is 8.84. The van der Waals surface area contributed by atoms with Crippen LogP contribution in [0.25, 0.3) is 0 Å². The number of hydrogen-bond donors (Lipinski definition) is 2. The average molecular weight is 323 g/mol. The fourth-order valence-corrected chi connectivity index (χ4v) is 2.14. The van der Waals surface area contributed by atoms with Crippen molar-refractivity contribution in [1.82, 2.24) is 5.32 Å². The number of aliphatic hydroxyl groups is 1. The van der Waals surface area contributed by atoms with Crippen LogP contribution < -0.4 is 5.32 Å². The molecular formula is C19H33NO3. The maximum atomic E-state index is 9.93. The first kappa shape index (κ1) is 20.1. The van der Waals surface area contributed by atoms with Crippen LogP contribution in [0.3, 0.4) is 0 Å².